The largest absolute Gasteiger partial charge is 0.381 e. The van der Waals surface area contributed by atoms with Crippen LogP contribution in [0, 0.1) is 5.92 Å². The molecule has 2 heterocycles. The van der Waals surface area contributed by atoms with Crippen LogP contribution in [0.1, 0.15) is 18.4 Å². The van der Waals surface area contributed by atoms with Gasteiger partial charge >= 0.3 is 0 Å². The number of piperazine rings is 1. The second-order valence-electron chi connectivity index (χ2n) is 7.72. The molecule has 0 radical (unpaired) electrons. The van der Waals surface area contributed by atoms with Crippen molar-refractivity contribution in [2.24, 2.45) is 11.7 Å². The van der Waals surface area contributed by atoms with Gasteiger partial charge in [0.2, 0.25) is 5.91 Å². The molecule has 0 bridgehead atoms. The van der Waals surface area contributed by atoms with Crippen LogP contribution in [0.4, 0.5) is 0 Å². The highest BCUT2D eigenvalue weighted by Crippen LogP contribution is 2.22. The molecule has 5 heteroatoms. The van der Waals surface area contributed by atoms with Crippen molar-refractivity contribution in [2.75, 3.05) is 39.4 Å². The molecule has 5 nitrogen and oxygen atoms in total. The molecule has 2 N–H and O–H groups in total. The third-order valence-corrected chi connectivity index (χ3v) is 6.02. The quantitative estimate of drug-likeness (QED) is 0.900. The molecule has 1 atom stereocenters. The lowest BCUT2D eigenvalue weighted by Crippen LogP contribution is -2.55. The van der Waals surface area contributed by atoms with E-state index in [0.717, 1.165) is 58.8 Å². The van der Waals surface area contributed by atoms with Crippen molar-refractivity contribution in [1.29, 1.82) is 0 Å². The average Bonchev–Trinajstić information content (AvgIpc) is 2.74. The molecule has 2 aromatic rings. The molecule has 0 spiro atoms. The number of carbonyl (C=O) groups is 1. The summed E-state index contributed by atoms with van der Waals surface area (Å²) in [6.07, 6.45) is 1.79. The number of hydrogen-bond donors (Lipinski definition) is 1. The molecule has 0 aliphatic carbocycles. The van der Waals surface area contributed by atoms with Gasteiger partial charge in [-0.2, -0.15) is 0 Å². The second-order valence-corrected chi connectivity index (χ2v) is 7.72. The smallest absolute Gasteiger partial charge is 0.239 e. The molecule has 1 unspecified atom stereocenters. The van der Waals surface area contributed by atoms with E-state index in [9.17, 15) is 4.79 Å². The first-order valence-electron chi connectivity index (χ1n) is 10.0. The summed E-state index contributed by atoms with van der Waals surface area (Å²) in [5, 5.41) is 2.60. The highest BCUT2D eigenvalue weighted by Gasteiger charge is 2.31. The van der Waals surface area contributed by atoms with Crippen LogP contribution < -0.4 is 5.73 Å². The molecule has 0 aromatic heterocycles. The lowest BCUT2D eigenvalue weighted by Gasteiger charge is -2.37. The number of fused-ring (bicyclic) bond motifs is 1. The van der Waals surface area contributed by atoms with Crippen LogP contribution in [0.15, 0.2) is 42.5 Å². The first kappa shape index (κ1) is 18.4. The number of nitrogens with two attached hydrogens (primary N) is 1. The number of nitrogens with zero attached hydrogens (tertiary/aromatic N) is 2. The standard InChI is InChI=1S/C22H29N3O2/c23-21(18-8-14-27-15-9-18)22(26)25-12-10-24(11-13-25)16-19-6-3-5-17-4-1-2-7-20(17)19/h1-7,18,21H,8-16,23H2. The Morgan fingerprint density at radius 2 is 1.74 bits per heavy atom. The Balaban J connectivity index is 1.34. The van der Waals surface area contributed by atoms with E-state index in [1.807, 2.05) is 4.90 Å². The molecule has 0 saturated carbocycles. The molecule has 2 aliphatic heterocycles. The molecule has 27 heavy (non-hydrogen) atoms. The van der Waals surface area contributed by atoms with Crippen molar-refractivity contribution in [3.63, 3.8) is 0 Å². The van der Waals surface area contributed by atoms with Gasteiger partial charge in [0, 0.05) is 45.9 Å². The normalized spacial score (nSPS) is 20.7. The van der Waals surface area contributed by atoms with Gasteiger partial charge in [-0.15, -0.1) is 0 Å². The Bertz CT molecular complexity index is 775. The summed E-state index contributed by atoms with van der Waals surface area (Å²) in [7, 11) is 0. The number of rotatable bonds is 4. The first-order valence-corrected chi connectivity index (χ1v) is 10.0. The van der Waals surface area contributed by atoms with E-state index < -0.39 is 0 Å². The molecule has 2 aliphatic rings. The zero-order valence-corrected chi connectivity index (χ0v) is 15.8. The SMILES string of the molecule is NC(C(=O)N1CCN(Cc2cccc3ccccc23)CC1)C1CCOCC1. The summed E-state index contributed by atoms with van der Waals surface area (Å²) in [4.78, 5) is 17.2. The van der Waals surface area contributed by atoms with Crippen molar-refractivity contribution < 1.29 is 9.53 Å². The van der Waals surface area contributed by atoms with Crippen molar-refractivity contribution in [2.45, 2.75) is 25.4 Å². The van der Waals surface area contributed by atoms with Gasteiger partial charge in [0.25, 0.3) is 0 Å². The van der Waals surface area contributed by atoms with E-state index in [1.54, 1.807) is 0 Å². The lowest BCUT2D eigenvalue weighted by molar-refractivity contribution is -0.136. The Morgan fingerprint density at radius 3 is 2.52 bits per heavy atom. The molecule has 2 fully saturated rings. The van der Waals surface area contributed by atoms with Crippen LogP contribution in [-0.2, 0) is 16.1 Å². The minimum Gasteiger partial charge on any atom is -0.381 e. The summed E-state index contributed by atoms with van der Waals surface area (Å²) in [5.74, 6) is 0.381. The van der Waals surface area contributed by atoms with E-state index in [0.29, 0.717) is 0 Å². The van der Waals surface area contributed by atoms with Crippen LogP contribution >= 0.6 is 0 Å². The minimum atomic E-state index is -0.376. The Labute approximate surface area is 161 Å². The van der Waals surface area contributed by atoms with Crippen molar-refractivity contribution in [1.82, 2.24) is 9.80 Å². The van der Waals surface area contributed by atoms with Crippen molar-refractivity contribution in [3.8, 4) is 0 Å². The molecular formula is C22H29N3O2. The zero-order valence-electron chi connectivity index (χ0n) is 15.8. The Kier molecular flexibility index (Phi) is 5.72. The fraction of sp³-hybridized carbons (Fsp3) is 0.500. The molecule has 4 rings (SSSR count). The molecular weight excluding hydrogens is 338 g/mol. The van der Waals surface area contributed by atoms with Gasteiger partial charge in [0.15, 0.2) is 0 Å². The maximum absolute atomic E-state index is 12.8. The highest BCUT2D eigenvalue weighted by molar-refractivity contribution is 5.85. The number of benzene rings is 2. The average molecular weight is 367 g/mol. The van der Waals surface area contributed by atoms with E-state index >= 15 is 0 Å². The number of amides is 1. The van der Waals surface area contributed by atoms with Gasteiger partial charge in [-0.3, -0.25) is 9.69 Å². The molecule has 144 valence electrons. The zero-order chi connectivity index (χ0) is 18.6. The minimum absolute atomic E-state index is 0.117. The van der Waals surface area contributed by atoms with Gasteiger partial charge in [-0.1, -0.05) is 42.5 Å². The van der Waals surface area contributed by atoms with Crippen LogP contribution in [0.5, 0.6) is 0 Å². The number of hydrogen-bond acceptors (Lipinski definition) is 4. The van der Waals surface area contributed by atoms with Gasteiger partial charge < -0.3 is 15.4 Å². The maximum atomic E-state index is 12.8. The van der Waals surface area contributed by atoms with Crippen LogP contribution in [-0.4, -0.2) is 61.1 Å². The predicted molar refractivity (Wildman–Crippen MR) is 107 cm³/mol. The monoisotopic (exact) mass is 367 g/mol. The summed E-state index contributed by atoms with van der Waals surface area (Å²) < 4.78 is 5.39. The lowest BCUT2D eigenvalue weighted by atomic mass is 9.91. The summed E-state index contributed by atoms with van der Waals surface area (Å²) in [6, 6.07) is 14.7. The summed E-state index contributed by atoms with van der Waals surface area (Å²) in [6.45, 7) is 5.70. The fourth-order valence-corrected chi connectivity index (χ4v) is 4.29. The maximum Gasteiger partial charge on any atom is 0.239 e. The second kappa shape index (κ2) is 8.38. The van der Waals surface area contributed by atoms with Crippen molar-refractivity contribution >= 4 is 16.7 Å². The third-order valence-electron chi connectivity index (χ3n) is 6.02. The third kappa shape index (κ3) is 4.15. The van der Waals surface area contributed by atoms with E-state index in [4.69, 9.17) is 10.5 Å². The van der Waals surface area contributed by atoms with Gasteiger partial charge in [-0.05, 0) is 35.1 Å². The van der Waals surface area contributed by atoms with Crippen LogP contribution in [0.25, 0.3) is 10.8 Å². The summed E-state index contributed by atoms with van der Waals surface area (Å²) in [5.41, 5.74) is 7.64. The molecule has 2 aromatic carbocycles. The first-order chi connectivity index (χ1) is 13.2. The van der Waals surface area contributed by atoms with Gasteiger partial charge in [0.05, 0.1) is 6.04 Å². The number of carbonyl (C=O) groups excluding carboxylic acids is 1. The van der Waals surface area contributed by atoms with E-state index in [1.165, 1.54) is 16.3 Å². The fourth-order valence-electron chi connectivity index (χ4n) is 4.29. The number of ether oxygens (including phenoxy) is 1. The van der Waals surface area contributed by atoms with E-state index in [-0.39, 0.29) is 17.9 Å². The van der Waals surface area contributed by atoms with Gasteiger partial charge in [0.1, 0.15) is 0 Å². The van der Waals surface area contributed by atoms with Crippen molar-refractivity contribution in [3.05, 3.63) is 48.0 Å². The van der Waals surface area contributed by atoms with Crippen LogP contribution in [0.3, 0.4) is 0 Å². The highest BCUT2D eigenvalue weighted by atomic mass is 16.5. The predicted octanol–water partition coefficient (Wildman–Crippen LogP) is 2.24. The Hall–Kier alpha value is -1.95. The van der Waals surface area contributed by atoms with Crippen LogP contribution in [0.2, 0.25) is 0 Å². The summed E-state index contributed by atoms with van der Waals surface area (Å²) >= 11 is 0. The van der Waals surface area contributed by atoms with Gasteiger partial charge in [-0.25, -0.2) is 0 Å². The molecule has 2 saturated heterocycles. The Morgan fingerprint density at radius 1 is 1.04 bits per heavy atom. The topological polar surface area (TPSA) is 58.8 Å². The molecule has 1 amide bonds. The van der Waals surface area contributed by atoms with E-state index in [2.05, 4.69) is 47.4 Å².